The molecule has 0 bridgehead atoms. The van der Waals surface area contributed by atoms with Crippen LogP contribution in [0.15, 0.2) is 23.1 Å². The van der Waals surface area contributed by atoms with Crippen LogP contribution in [0.25, 0.3) is 0 Å². The summed E-state index contributed by atoms with van der Waals surface area (Å²) in [6.07, 6.45) is 6.45. The Labute approximate surface area is 154 Å². The number of halogens is 1. The summed E-state index contributed by atoms with van der Waals surface area (Å²) >= 11 is 5.98. The molecule has 2 rings (SSSR count). The van der Waals surface area contributed by atoms with Gasteiger partial charge in [-0.25, -0.2) is 8.42 Å². The minimum absolute atomic E-state index is 0.00702. The van der Waals surface area contributed by atoms with E-state index in [1.54, 1.807) is 0 Å². The van der Waals surface area contributed by atoms with Crippen molar-refractivity contribution in [1.82, 2.24) is 10.0 Å². The third-order valence-corrected chi connectivity index (χ3v) is 6.19. The zero-order chi connectivity index (χ0) is 18.4. The minimum atomic E-state index is -3.85. The predicted octanol–water partition coefficient (Wildman–Crippen LogP) is 2.85. The summed E-state index contributed by atoms with van der Waals surface area (Å²) in [7, 11) is -2.40. The highest BCUT2D eigenvalue weighted by Gasteiger charge is 2.24. The molecule has 0 spiro atoms. The summed E-state index contributed by atoms with van der Waals surface area (Å²) in [6.45, 7) is 1.54. The number of ether oxygens (including phenoxy) is 1. The fourth-order valence-electron chi connectivity index (χ4n) is 2.92. The summed E-state index contributed by atoms with van der Waals surface area (Å²) < 4.78 is 32.3. The molecule has 0 saturated heterocycles. The van der Waals surface area contributed by atoms with Gasteiger partial charge in [0.1, 0.15) is 5.75 Å². The van der Waals surface area contributed by atoms with E-state index in [0.717, 1.165) is 25.7 Å². The van der Waals surface area contributed by atoms with Crippen LogP contribution in [0.1, 0.15) is 45.4 Å². The quantitative estimate of drug-likeness (QED) is 0.734. The number of sulfonamides is 1. The fourth-order valence-corrected chi connectivity index (χ4v) is 4.47. The Balaban J connectivity index is 2.01. The second-order valence-electron chi connectivity index (χ2n) is 6.34. The van der Waals surface area contributed by atoms with Gasteiger partial charge in [-0.1, -0.05) is 37.3 Å². The second kappa shape index (κ2) is 8.87. The maximum atomic E-state index is 12.5. The smallest absolute Gasteiger partial charge is 0.241 e. The Bertz CT molecular complexity index is 701. The highest BCUT2D eigenvalue weighted by molar-refractivity contribution is 7.89. The van der Waals surface area contributed by atoms with Gasteiger partial charge < -0.3 is 10.1 Å². The predicted molar refractivity (Wildman–Crippen MR) is 97.4 cm³/mol. The molecular formula is C17H25ClN2O4S. The van der Waals surface area contributed by atoms with Crippen molar-refractivity contribution in [2.24, 2.45) is 0 Å². The number of carbonyl (C=O) groups is 1. The number of hydrogen-bond donors (Lipinski definition) is 2. The van der Waals surface area contributed by atoms with Gasteiger partial charge in [0.05, 0.1) is 23.1 Å². The molecule has 1 atom stereocenters. The van der Waals surface area contributed by atoms with Crippen molar-refractivity contribution in [3.63, 3.8) is 0 Å². The lowest BCUT2D eigenvalue weighted by Crippen LogP contribution is -2.47. The standard InChI is InChI=1S/C17H25ClN2O4S/c1-12(17(21)19-13-7-5-3-4-6-8-13)20-25(22,23)14-9-10-16(24-2)15(18)11-14/h9-13,20H,3-8H2,1-2H3,(H,19,21)/t12-/m0/s1. The van der Waals surface area contributed by atoms with Crippen LogP contribution in [0, 0.1) is 0 Å². The molecule has 2 N–H and O–H groups in total. The van der Waals surface area contributed by atoms with Crippen LogP contribution in [-0.4, -0.2) is 33.5 Å². The summed E-state index contributed by atoms with van der Waals surface area (Å²) in [4.78, 5) is 12.3. The third kappa shape index (κ3) is 5.59. The van der Waals surface area contributed by atoms with Crippen molar-refractivity contribution >= 4 is 27.5 Å². The summed E-state index contributed by atoms with van der Waals surface area (Å²) in [5, 5.41) is 3.15. The molecule has 0 aromatic heterocycles. The molecule has 1 saturated carbocycles. The fraction of sp³-hybridized carbons (Fsp3) is 0.588. The van der Waals surface area contributed by atoms with E-state index in [0.29, 0.717) is 5.75 Å². The third-order valence-electron chi connectivity index (χ3n) is 4.36. The summed E-state index contributed by atoms with van der Waals surface area (Å²) in [5.41, 5.74) is 0. The van der Waals surface area contributed by atoms with Crippen LogP contribution >= 0.6 is 11.6 Å². The van der Waals surface area contributed by atoms with Crippen molar-refractivity contribution in [2.75, 3.05) is 7.11 Å². The zero-order valence-corrected chi connectivity index (χ0v) is 16.1. The number of carbonyl (C=O) groups excluding carboxylic acids is 1. The van der Waals surface area contributed by atoms with Crippen molar-refractivity contribution in [1.29, 1.82) is 0 Å². The zero-order valence-electron chi connectivity index (χ0n) is 14.5. The van der Waals surface area contributed by atoms with Gasteiger partial charge in [0.25, 0.3) is 0 Å². The molecule has 8 heteroatoms. The van der Waals surface area contributed by atoms with E-state index in [1.165, 1.54) is 45.1 Å². The van der Waals surface area contributed by atoms with Gasteiger partial charge >= 0.3 is 0 Å². The number of nitrogens with one attached hydrogen (secondary N) is 2. The first-order chi connectivity index (χ1) is 11.8. The topological polar surface area (TPSA) is 84.5 Å². The van der Waals surface area contributed by atoms with Crippen LogP contribution < -0.4 is 14.8 Å². The lowest BCUT2D eigenvalue weighted by molar-refractivity contribution is -0.123. The normalized spacial score (nSPS) is 17.6. The maximum absolute atomic E-state index is 12.5. The van der Waals surface area contributed by atoms with Gasteiger partial charge in [-0.2, -0.15) is 4.72 Å². The first-order valence-corrected chi connectivity index (χ1v) is 10.4. The molecule has 0 aliphatic heterocycles. The van der Waals surface area contributed by atoms with Crippen LogP contribution in [0.4, 0.5) is 0 Å². The van der Waals surface area contributed by atoms with E-state index in [1.807, 2.05) is 0 Å². The van der Waals surface area contributed by atoms with E-state index in [-0.39, 0.29) is 21.9 Å². The lowest BCUT2D eigenvalue weighted by atomic mass is 10.1. The monoisotopic (exact) mass is 388 g/mol. The van der Waals surface area contributed by atoms with Gasteiger partial charge in [0.15, 0.2) is 0 Å². The molecule has 25 heavy (non-hydrogen) atoms. The Kier molecular flexibility index (Phi) is 7.10. The van der Waals surface area contributed by atoms with Crippen LogP contribution in [0.2, 0.25) is 5.02 Å². The average Bonchev–Trinajstić information content (AvgIpc) is 2.83. The molecule has 1 aliphatic rings. The van der Waals surface area contributed by atoms with Crippen molar-refractivity contribution in [3.05, 3.63) is 23.2 Å². The Morgan fingerprint density at radius 1 is 1.24 bits per heavy atom. The Morgan fingerprint density at radius 2 is 1.88 bits per heavy atom. The molecule has 140 valence electrons. The number of rotatable bonds is 6. The van der Waals surface area contributed by atoms with E-state index in [4.69, 9.17) is 16.3 Å². The number of methoxy groups -OCH3 is 1. The molecule has 1 amide bonds. The summed E-state index contributed by atoms with van der Waals surface area (Å²) in [5.74, 6) is 0.0786. The molecule has 1 aromatic carbocycles. The second-order valence-corrected chi connectivity index (χ2v) is 8.46. The van der Waals surface area contributed by atoms with Crippen molar-refractivity contribution in [2.45, 2.75) is 62.4 Å². The van der Waals surface area contributed by atoms with Crippen molar-refractivity contribution < 1.29 is 17.9 Å². The first kappa shape index (κ1) is 20.0. The molecule has 0 radical (unpaired) electrons. The highest BCUT2D eigenvalue weighted by Crippen LogP contribution is 2.27. The SMILES string of the molecule is COc1ccc(S(=O)(=O)N[C@@H](C)C(=O)NC2CCCCCC2)cc1Cl. The first-order valence-electron chi connectivity index (χ1n) is 8.49. The largest absolute Gasteiger partial charge is 0.495 e. The van der Waals surface area contributed by atoms with Crippen molar-refractivity contribution in [3.8, 4) is 5.75 Å². The summed E-state index contributed by atoms with van der Waals surface area (Å²) in [6, 6.07) is 3.43. The van der Waals surface area contributed by atoms with Crippen LogP contribution in [0.3, 0.4) is 0 Å². The van der Waals surface area contributed by atoms with Crippen LogP contribution in [0.5, 0.6) is 5.75 Å². The molecule has 0 heterocycles. The van der Waals surface area contributed by atoms with Gasteiger partial charge in [-0.05, 0) is 38.0 Å². The van der Waals surface area contributed by atoms with E-state index in [2.05, 4.69) is 10.0 Å². The van der Waals surface area contributed by atoms with E-state index < -0.39 is 16.1 Å². The molecule has 1 aromatic rings. The Morgan fingerprint density at radius 3 is 2.44 bits per heavy atom. The molecule has 6 nitrogen and oxygen atoms in total. The minimum Gasteiger partial charge on any atom is -0.495 e. The lowest BCUT2D eigenvalue weighted by Gasteiger charge is -2.20. The Hall–Kier alpha value is -1.31. The van der Waals surface area contributed by atoms with Gasteiger partial charge in [-0.3, -0.25) is 4.79 Å². The highest BCUT2D eigenvalue weighted by atomic mass is 35.5. The molecule has 1 fully saturated rings. The molecule has 0 unspecified atom stereocenters. The molecule has 1 aliphatic carbocycles. The van der Waals surface area contributed by atoms with E-state index in [9.17, 15) is 13.2 Å². The number of benzene rings is 1. The maximum Gasteiger partial charge on any atom is 0.241 e. The average molecular weight is 389 g/mol. The van der Waals surface area contributed by atoms with Gasteiger partial charge in [0, 0.05) is 6.04 Å². The number of hydrogen-bond acceptors (Lipinski definition) is 4. The van der Waals surface area contributed by atoms with Gasteiger partial charge in [0.2, 0.25) is 15.9 Å². The van der Waals surface area contributed by atoms with Gasteiger partial charge in [-0.15, -0.1) is 0 Å². The molecular weight excluding hydrogens is 364 g/mol. The van der Waals surface area contributed by atoms with E-state index >= 15 is 0 Å². The van der Waals surface area contributed by atoms with Crippen LogP contribution in [-0.2, 0) is 14.8 Å². The number of amides is 1.